The fourth-order valence-electron chi connectivity index (χ4n) is 1.73. The van der Waals surface area contributed by atoms with E-state index in [0.717, 1.165) is 0 Å². The molecule has 98 valence electrons. The first-order valence-corrected chi connectivity index (χ1v) is 6.24. The van der Waals surface area contributed by atoms with E-state index < -0.39 is 17.4 Å². The third-order valence-electron chi connectivity index (χ3n) is 2.68. The summed E-state index contributed by atoms with van der Waals surface area (Å²) in [5.41, 5.74) is 6.31. The summed E-state index contributed by atoms with van der Waals surface area (Å²) in [4.78, 5) is 12.2. The van der Waals surface area contributed by atoms with Crippen molar-refractivity contribution in [3.8, 4) is 0 Å². The van der Waals surface area contributed by atoms with Gasteiger partial charge in [-0.25, -0.2) is 8.78 Å². The summed E-state index contributed by atoms with van der Waals surface area (Å²) >= 11 is 3.21. The van der Waals surface area contributed by atoms with Crippen molar-refractivity contribution in [1.82, 2.24) is 0 Å². The maximum atomic E-state index is 13.7. The zero-order valence-electron chi connectivity index (χ0n) is 10.0. The monoisotopic (exact) mass is 325 g/mol. The number of benzene rings is 2. The van der Waals surface area contributed by atoms with E-state index >= 15 is 0 Å². The summed E-state index contributed by atoms with van der Waals surface area (Å²) in [7, 11) is 0. The van der Waals surface area contributed by atoms with E-state index in [2.05, 4.69) is 15.9 Å². The lowest BCUT2D eigenvalue weighted by molar-refractivity contribution is 0.103. The highest BCUT2D eigenvalue weighted by molar-refractivity contribution is 9.10. The molecule has 5 heteroatoms. The third kappa shape index (κ3) is 2.81. The average Bonchev–Trinajstić information content (AvgIpc) is 2.31. The van der Waals surface area contributed by atoms with Crippen LogP contribution in [0.1, 0.15) is 21.5 Å². The van der Waals surface area contributed by atoms with Gasteiger partial charge >= 0.3 is 0 Å². The molecule has 2 aromatic carbocycles. The standard InChI is InChI=1S/C14H10BrF2NO/c1-7-2-11(13(17)6-12(7)16)14(19)8-3-9(15)5-10(18)4-8/h2-6H,18H2,1H3. The minimum Gasteiger partial charge on any atom is -0.399 e. The van der Waals surface area contributed by atoms with E-state index in [-0.39, 0.29) is 16.7 Å². The smallest absolute Gasteiger partial charge is 0.196 e. The van der Waals surface area contributed by atoms with Crippen molar-refractivity contribution in [2.45, 2.75) is 6.92 Å². The number of anilines is 1. The second-order valence-electron chi connectivity index (χ2n) is 4.18. The van der Waals surface area contributed by atoms with Gasteiger partial charge < -0.3 is 5.73 Å². The minimum atomic E-state index is -0.883. The van der Waals surface area contributed by atoms with Crippen LogP contribution in [0.5, 0.6) is 0 Å². The third-order valence-corrected chi connectivity index (χ3v) is 3.13. The quantitative estimate of drug-likeness (QED) is 0.673. The molecule has 0 aliphatic heterocycles. The van der Waals surface area contributed by atoms with E-state index in [4.69, 9.17) is 5.73 Å². The summed E-state index contributed by atoms with van der Waals surface area (Å²) in [5, 5.41) is 0. The van der Waals surface area contributed by atoms with Crippen LogP contribution in [0.4, 0.5) is 14.5 Å². The number of rotatable bonds is 2. The molecule has 0 amide bonds. The molecule has 2 nitrogen and oxygen atoms in total. The van der Waals surface area contributed by atoms with Crippen LogP contribution in [0.25, 0.3) is 0 Å². The van der Waals surface area contributed by atoms with Gasteiger partial charge in [-0.1, -0.05) is 15.9 Å². The first-order valence-electron chi connectivity index (χ1n) is 5.45. The van der Waals surface area contributed by atoms with Crippen LogP contribution in [0.2, 0.25) is 0 Å². The Bertz CT molecular complexity index is 650. The van der Waals surface area contributed by atoms with Crippen LogP contribution >= 0.6 is 15.9 Å². The molecule has 0 radical (unpaired) electrons. The highest BCUT2D eigenvalue weighted by Crippen LogP contribution is 2.22. The minimum absolute atomic E-state index is 0.170. The summed E-state index contributed by atoms with van der Waals surface area (Å²) in [5.74, 6) is -2.09. The molecule has 0 bridgehead atoms. The Hall–Kier alpha value is -1.75. The van der Waals surface area contributed by atoms with Crippen LogP contribution in [-0.2, 0) is 0 Å². The van der Waals surface area contributed by atoms with Gasteiger partial charge in [-0.05, 0) is 36.8 Å². The summed E-state index contributed by atoms with van der Waals surface area (Å²) in [6.45, 7) is 1.47. The van der Waals surface area contributed by atoms with E-state index in [1.54, 1.807) is 6.07 Å². The Kier molecular flexibility index (Phi) is 3.66. The lowest BCUT2D eigenvalue weighted by Gasteiger charge is -2.06. The summed E-state index contributed by atoms with van der Waals surface area (Å²) < 4.78 is 27.5. The molecule has 2 N–H and O–H groups in total. The summed E-state index contributed by atoms with van der Waals surface area (Å²) in [6, 6.07) is 6.53. The zero-order valence-corrected chi connectivity index (χ0v) is 11.6. The van der Waals surface area contributed by atoms with Gasteiger partial charge in [0.1, 0.15) is 11.6 Å². The van der Waals surface area contributed by atoms with E-state index in [1.807, 2.05) is 0 Å². The molecule has 0 unspecified atom stereocenters. The molecule has 0 heterocycles. The topological polar surface area (TPSA) is 43.1 Å². The molecule has 0 spiro atoms. The van der Waals surface area contributed by atoms with Crippen molar-refractivity contribution in [3.63, 3.8) is 0 Å². The molecule has 2 aromatic rings. The molecule has 2 rings (SSSR count). The lowest BCUT2D eigenvalue weighted by atomic mass is 10.0. The van der Waals surface area contributed by atoms with Gasteiger partial charge in [0, 0.05) is 21.8 Å². The van der Waals surface area contributed by atoms with Crippen LogP contribution in [0.3, 0.4) is 0 Å². The largest absolute Gasteiger partial charge is 0.399 e. The predicted octanol–water partition coefficient (Wildman–Crippen LogP) is 3.85. The van der Waals surface area contributed by atoms with Gasteiger partial charge in [-0.3, -0.25) is 4.79 Å². The van der Waals surface area contributed by atoms with Crippen molar-refractivity contribution in [2.24, 2.45) is 0 Å². The Morgan fingerprint density at radius 2 is 1.79 bits per heavy atom. The molecule has 0 fully saturated rings. The van der Waals surface area contributed by atoms with Crippen molar-refractivity contribution in [2.75, 3.05) is 5.73 Å². The molecular weight excluding hydrogens is 316 g/mol. The van der Waals surface area contributed by atoms with Gasteiger partial charge in [0.2, 0.25) is 0 Å². The van der Waals surface area contributed by atoms with Gasteiger partial charge in [-0.15, -0.1) is 0 Å². The van der Waals surface area contributed by atoms with Gasteiger partial charge in [0.15, 0.2) is 5.78 Å². The summed E-state index contributed by atoms with van der Waals surface area (Å²) in [6.07, 6.45) is 0. The van der Waals surface area contributed by atoms with Crippen LogP contribution in [0, 0.1) is 18.6 Å². The molecule has 0 aromatic heterocycles. The molecule has 0 atom stereocenters. The van der Waals surface area contributed by atoms with Gasteiger partial charge in [0.25, 0.3) is 0 Å². The predicted molar refractivity (Wildman–Crippen MR) is 73.1 cm³/mol. The van der Waals surface area contributed by atoms with Gasteiger partial charge in [0.05, 0.1) is 5.56 Å². The first kappa shape index (κ1) is 13.7. The van der Waals surface area contributed by atoms with Crippen LogP contribution in [-0.4, -0.2) is 5.78 Å². The van der Waals surface area contributed by atoms with Crippen molar-refractivity contribution >= 4 is 27.4 Å². The van der Waals surface area contributed by atoms with Gasteiger partial charge in [-0.2, -0.15) is 0 Å². The number of aryl methyl sites for hydroxylation is 1. The number of hydrogen-bond acceptors (Lipinski definition) is 2. The molecule has 19 heavy (non-hydrogen) atoms. The molecule has 0 aliphatic rings. The van der Waals surface area contributed by atoms with Crippen LogP contribution < -0.4 is 5.73 Å². The molecule has 0 aliphatic carbocycles. The molecule has 0 saturated heterocycles. The van der Waals surface area contributed by atoms with Crippen molar-refractivity contribution < 1.29 is 13.6 Å². The number of carbonyl (C=O) groups excluding carboxylic acids is 1. The maximum absolute atomic E-state index is 13.7. The highest BCUT2D eigenvalue weighted by atomic mass is 79.9. The van der Waals surface area contributed by atoms with E-state index in [9.17, 15) is 13.6 Å². The lowest BCUT2D eigenvalue weighted by Crippen LogP contribution is -2.06. The number of nitrogens with two attached hydrogens (primary N) is 1. The number of halogens is 3. The second kappa shape index (κ2) is 5.09. The Morgan fingerprint density at radius 1 is 1.11 bits per heavy atom. The molecule has 0 saturated carbocycles. The van der Waals surface area contributed by atoms with E-state index in [0.29, 0.717) is 16.2 Å². The number of nitrogen functional groups attached to an aromatic ring is 1. The second-order valence-corrected chi connectivity index (χ2v) is 5.10. The Labute approximate surface area is 117 Å². The van der Waals surface area contributed by atoms with Crippen LogP contribution in [0.15, 0.2) is 34.8 Å². The normalized spacial score (nSPS) is 10.5. The Morgan fingerprint density at radius 3 is 2.42 bits per heavy atom. The number of hydrogen-bond donors (Lipinski definition) is 1. The SMILES string of the molecule is Cc1cc(C(=O)c2cc(N)cc(Br)c2)c(F)cc1F. The van der Waals surface area contributed by atoms with Crippen molar-refractivity contribution in [1.29, 1.82) is 0 Å². The fraction of sp³-hybridized carbons (Fsp3) is 0.0714. The fourth-order valence-corrected chi connectivity index (χ4v) is 2.24. The molecular formula is C14H10BrF2NO. The van der Waals surface area contributed by atoms with E-state index in [1.165, 1.54) is 25.1 Å². The van der Waals surface area contributed by atoms with Crippen molar-refractivity contribution in [3.05, 3.63) is 63.1 Å². The first-order chi connectivity index (χ1) is 8.88. The number of ketones is 1. The highest BCUT2D eigenvalue weighted by Gasteiger charge is 2.17. The Balaban J connectivity index is 2.53. The zero-order chi connectivity index (χ0) is 14.2. The average molecular weight is 326 g/mol. The number of carbonyl (C=O) groups is 1. The maximum Gasteiger partial charge on any atom is 0.196 e.